The number of hydrogen-bond donors (Lipinski definition) is 0. The van der Waals surface area contributed by atoms with Crippen molar-refractivity contribution in [3.63, 3.8) is 0 Å². The van der Waals surface area contributed by atoms with E-state index in [1.54, 1.807) is 28.8 Å². The maximum absolute atomic E-state index is 12.6. The summed E-state index contributed by atoms with van der Waals surface area (Å²) in [7, 11) is 0. The molecule has 0 unspecified atom stereocenters. The molecule has 0 aliphatic carbocycles. The Bertz CT molecular complexity index is 740. The van der Waals surface area contributed by atoms with Crippen LogP contribution < -0.4 is 0 Å². The minimum absolute atomic E-state index is 0.0556. The Morgan fingerprint density at radius 2 is 2.17 bits per heavy atom. The lowest BCUT2D eigenvalue weighted by Gasteiger charge is -2.22. The highest BCUT2D eigenvalue weighted by Crippen LogP contribution is 2.20. The zero-order chi connectivity index (χ0) is 17.7. The van der Waals surface area contributed by atoms with Gasteiger partial charge in [-0.25, -0.2) is 4.98 Å². The number of rotatable bonds is 6. The summed E-state index contributed by atoms with van der Waals surface area (Å²) in [4.78, 5) is 17.0. The van der Waals surface area contributed by atoms with E-state index in [-0.39, 0.29) is 11.7 Å². The monoisotopic (exact) mass is 359 g/mol. The van der Waals surface area contributed by atoms with Crippen molar-refractivity contribution in [2.75, 3.05) is 13.1 Å². The second kappa shape index (κ2) is 7.70. The van der Waals surface area contributed by atoms with E-state index in [9.17, 15) is 18.0 Å². The normalized spacial score (nSPS) is 12.2. The zero-order valence-corrected chi connectivity index (χ0v) is 13.8. The smallest absolute Gasteiger partial charge is 0.330 e. The molecule has 2 heterocycles. The molecule has 2 aromatic heterocycles. The van der Waals surface area contributed by atoms with Crippen LogP contribution in [-0.4, -0.2) is 39.5 Å². The van der Waals surface area contributed by atoms with Crippen LogP contribution in [0.4, 0.5) is 13.2 Å². The number of pyridine rings is 1. The third-order valence-corrected chi connectivity index (χ3v) is 3.65. The summed E-state index contributed by atoms with van der Waals surface area (Å²) in [6.07, 6.45) is 0.974. The maximum atomic E-state index is 12.6. The highest BCUT2D eigenvalue weighted by Gasteiger charge is 2.32. The average molecular weight is 360 g/mol. The summed E-state index contributed by atoms with van der Waals surface area (Å²) in [6, 6.07) is 5.29. The predicted octanol–water partition coefficient (Wildman–Crippen LogP) is 4.19. The van der Waals surface area contributed by atoms with E-state index in [0.29, 0.717) is 24.2 Å². The van der Waals surface area contributed by atoms with Crippen molar-refractivity contribution in [3.8, 4) is 0 Å². The lowest BCUT2D eigenvalue weighted by Crippen LogP contribution is -2.38. The molecule has 0 atom stereocenters. The number of hydrogen-bond acceptors (Lipinski definition) is 2. The lowest BCUT2D eigenvalue weighted by atomic mass is 10.3. The number of carbonyl (C=O) groups is 1. The highest BCUT2D eigenvalue weighted by atomic mass is 35.5. The van der Waals surface area contributed by atoms with Crippen molar-refractivity contribution in [1.29, 1.82) is 0 Å². The van der Waals surface area contributed by atoms with Crippen LogP contribution in [0.15, 0.2) is 30.5 Å². The van der Waals surface area contributed by atoms with Gasteiger partial charge in [0, 0.05) is 18.8 Å². The second-order valence-corrected chi connectivity index (χ2v) is 5.64. The zero-order valence-electron chi connectivity index (χ0n) is 13.1. The first-order chi connectivity index (χ1) is 11.3. The van der Waals surface area contributed by atoms with Crippen LogP contribution in [0, 0.1) is 0 Å². The fourth-order valence-corrected chi connectivity index (χ4v) is 2.46. The minimum Gasteiger partial charge on any atom is -0.330 e. The molecular weight excluding hydrogens is 343 g/mol. The first-order valence-corrected chi connectivity index (χ1v) is 7.86. The van der Waals surface area contributed by atoms with Gasteiger partial charge in [0.2, 0.25) is 5.91 Å². The molecule has 0 N–H and O–H groups in total. The average Bonchev–Trinajstić information content (AvgIpc) is 2.83. The fourth-order valence-electron chi connectivity index (χ4n) is 2.22. The van der Waals surface area contributed by atoms with Gasteiger partial charge in [0.15, 0.2) is 5.15 Å². The minimum atomic E-state index is -4.43. The third kappa shape index (κ3) is 4.74. The van der Waals surface area contributed by atoms with E-state index >= 15 is 0 Å². The molecule has 0 spiro atoms. The van der Waals surface area contributed by atoms with Gasteiger partial charge in [-0.2, -0.15) is 13.2 Å². The Labute approximate surface area is 142 Å². The van der Waals surface area contributed by atoms with E-state index in [1.165, 1.54) is 6.08 Å². The topological polar surface area (TPSA) is 37.6 Å². The van der Waals surface area contributed by atoms with Crippen LogP contribution in [0.1, 0.15) is 25.5 Å². The molecule has 4 nitrogen and oxygen atoms in total. The molecule has 0 fully saturated rings. The van der Waals surface area contributed by atoms with E-state index in [0.717, 1.165) is 11.0 Å². The van der Waals surface area contributed by atoms with Crippen LogP contribution in [-0.2, 0) is 4.79 Å². The Hall–Kier alpha value is -2.02. The number of aromatic nitrogens is 2. The first-order valence-electron chi connectivity index (χ1n) is 7.48. The number of alkyl halides is 3. The van der Waals surface area contributed by atoms with Gasteiger partial charge in [0.25, 0.3) is 0 Å². The summed E-state index contributed by atoms with van der Waals surface area (Å²) in [5, 5.41) is 0.182. The molecule has 0 aliphatic heterocycles. The van der Waals surface area contributed by atoms with Crippen LogP contribution in [0.3, 0.4) is 0 Å². The molecule has 24 heavy (non-hydrogen) atoms. The van der Waals surface area contributed by atoms with Crippen molar-refractivity contribution in [1.82, 2.24) is 14.3 Å². The van der Waals surface area contributed by atoms with Gasteiger partial charge in [-0.3, -0.25) is 9.20 Å². The summed E-state index contributed by atoms with van der Waals surface area (Å²) in [5.41, 5.74) is 1.04. The Morgan fingerprint density at radius 1 is 1.42 bits per heavy atom. The summed E-state index contributed by atoms with van der Waals surface area (Å²) >= 11 is 6.03. The van der Waals surface area contributed by atoms with Gasteiger partial charge in [0.1, 0.15) is 12.2 Å². The number of amides is 1. The SMILES string of the molecule is CCCCN(CC(F)(F)F)C(=O)/C=C/c1c(Cl)nc2ccccn12. The molecule has 0 radical (unpaired) electrons. The standard InChI is InChI=1S/C16H17ClF3N3O/c1-2-3-9-22(11-16(18,19)20)14(24)8-7-12-15(17)21-13-6-4-5-10-23(12)13/h4-8,10H,2-3,9,11H2,1H3/b8-7+. The van der Waals surface area contributed by atoms with Gasteiger partial charge in [-0.05, 0) is 24.6 Å². The maximum Gasteiger partial charge on any atom is 0.406 e. The highest BCUT2D eigenvalue weighted by molar-refractivity contribution is 6.31. The van der Waals surface area contributed by atoms with Crippen molar-refractivity contribution in [3.05, 3.63) is 41.3 Å². The molecule has 2 rings (SSSR count). The van der Waals surface area contributed by atoms with Crippen LogP contribution in [0.25, 0.3) is 11.7 Å². The largest absolute Gasteiger partial charge is 0.406 e. The number of fused-ring (bicyclic) bond motifs is 1. The lowest BCUT2D eigenvalue weighted by molar-refractivity contribution is -0.158. The molecule has 0 aliphatic rings. The van der Waals surface area contributed by atoms with Gasteiger partial charge in [-0.15, -0.1) is 0 Å². The van der Waals surface area contributed by atoms with E-state index in [2.05, 4.69) is 4.98 Å². The van der Waals surface area contributed by atoms with Gasteiger partial charge < -0.3 is 4.90 Å². The molecule has 0 bridgehead atoms. The molecule has 1 amide bonds. The summed E-state index contributed by atoms with van der Waals surface area (Å²) in [6.45, 7) is 0.640. The second-order valence-electron chi connectivity index (χ2n) is 5.28. The fraction of sp³-hybridized carbons (Fsp3) is 0.375. The molecule has 8 heteroatoms. The number of carbonyl (C=O) groups excluding carboxylic acids is 1. The first kappa shape index (κ1) is 18.3. The van der Waals surface area contributed by atoms with Gasteiger partial charge in [0.05, 0.1) is 5.69 Å². The summed E-state index contributed by atoms with van der Waals surface area (Å²) in [5.74, 6) is -0.706. The molecule has 0 saturated heterocycles. The van der Waals surface area contributed by atoms with Crippen molar-refractivity contribution < 1.29 is 18.0 Å². The predicted molar refractivity (Wildman–Crippen MR) is 86.8 cm³/mol. The molecule has 2 aromatic rings. The van der Waals surface area contributed by atoms with Crippen molar-refractivity contribution in [2.45, 2.75) is 25.9 Å². The number of nitrogens with zero attached hydrogens (tertiary/aromatic N) is 3. The Morgan fingerprint density at radius 3 is 2.83 bits per heavy atom. The van der Waals surface area contributed by atoms with E-state index in [1.807, 2.05) is 6.92 Å². The molecule has 130 valence electrons. The van der Waals surface area contributed by atoms with E-state index in [4.69, 9.17) is 11.6 Å². The van der Waals surface area contributed by atoms with Crippen LogP contribution >= 0.6 is 11.6 Å². The third-order valence-electron chi connectivity index (χ3n) is 3.37. The molecule has 0 saturated carbocycles. The number of imidazole rings is 1. The van der Waals surface area contributed by atoms with Crippen LogP contribution in [0.5, 0.6) is 0 Å². The summed E-state index contributed by atoms with van der Waals surface area (Å²) < 4.78 is 39.5. The van der Waals surface area contributed by atoms with Crippen molar-refractivity contribution in [2.24, 2.45) is 0 Å². The van der Waals surface area contributed by atoms with Crippen LogP contribution in [0.2, 0.25) is 5.15 Å². The number of halogens is 4. The molecular formula is C16H17ClF3N3O. The Balaban J connectivity index is 2.20. The molecule has 0 aromatic carbocycles. The van der Waals surface area contributed by atoms with E-state index < -0.39 is 18.6 Å². The Kier molecular flexibility index (Phi) is 5.88. The quantitative estimate of drug-likeness (QED) is 0.725. The van der Waals surface area contributed by atoms with Crippen molar-refractivity contribution >= 4 is 29.2 Å². The number of unbranched alkanes of at least 4 members (excludes halogenated alkanes) is 1. The van der Waals surface area contributed by atoms with Gasteiger partial charge >= 0.3 is 6.18 Å². The van der Waals surface area contributed by atoms with Gasteiger partial charge in [-0.1, -0.05) is 31.0 Å².